The lowest BCUT2D eigenvalue weighted by Gasteiger charge is -2.18. The fourth-order valence-electron chi connectivity index (χ4n) is 1.72. The smallest absolute Gasteiger partial charge is 0.330 e. The topological polar surface area (TPSA) is 26.3 Å². The van der Waals surface area contributed by atoms with Crippen molar-refractivity contribution in [3.05, 3.63) is 12.2 Å². The molecule has 0 spiro atoms. The number of ether oxygens (including phenoxy) is 1. The standard InChI is InChI=1S/C12H20O2/c1-2-3-4-5-6-8-11-9-7-10-12(13)14-11/h7,10-11H,2-6,8-9H2,1H3/t11-/m0/s1. The molecule has 0 radical (unpaired) electrons. The summed E-state index contributed by atoms with van der Waals surface area (Å²) in [6.45, 7) is 2.22. The van der Waals surface area contributed by atoms with Gasteiger partial charge in [0.2, 0.25) is 0 Å². The molecule has 0 amide bonds. The van der Waals surface area contributed by atoms with Crippen molar-refractivity contribution in [3.63, 3.8) is 0 Å². The minimum Gasteiger partial charge on any atom is -0.459 e. The van der Waals surface area contributed by atoms with Crippen LogP contribution in [0.1, 0.15) is 51.9 Å². The summed E-state index contributed by atoms with van der Waals surface area (Å²) < 4.78 is 5.17. The van der Waals surface area contributed by atoms with Gasteiger partial charge in [-0.15, -0.1) is 0 Å². The summed E-state index contributed by atoms with van der Waals surface area (Å²) in [6, 6.07) is 0. The second-order valence-electron chi connectivity index (χ2n) is 3.90. The molecule has 0 bridgehead atoms. The maximum absolute atomic E-state index is 10.9. The minimum absolute atomic E-state index is 0.147. The zero-order chi connectivity index (χ0) is 10.2. The van der Waals surface area contributed by atoms with Gasteiger partial charge in [-0.05, 0) is 12.8 Å². The summed E-state index contributed by atoms with van der Waals surface area (Å²) in [4.78, 5) is 10.9. The summed E-state index contributed by atoms with van der Waals surface area (Å²) in [6.07, 6.45) is 11.9. The number of hydrogen-bond acceptors (Lipinski definition) is 2. The largest absolute Gasteiger partial charge is 0.459 e. The molecular weight excluding hydrogens is 176 g/mol. The first-order valence-corrected chi connectivity index (χ1v) is 5.70. The molecule has 0 saturated carbocycles. The molecule has 14 heavy (non-hydrogen) atoms. The minimum atomic E-state index is -0.171. The third-order valence-corrected chi connectivity index (χ3v) is 2.57. The van der Waals surface area contributed by atoms with Gasteiger partial charge < -0.3 is 4.74 Å². The van der Waals surface area contributed by atoms with Gasteiger partial charge in [0.25, 0.3) is 0 Å². The Balaban J connectivity index is 2.01. The van der Waals surface area contributed by atoms with Gasteiger partial charge in [0, 0.05) is 12.5 Å². The van der Waals surface area contributed by atoms with Crippen LogP contribution in [0.2, 0.25) is 0 Å². The third-order valence-electron chi connectivity index (χ3n) is 2.57. The molecule has 2 nitrogen and oxygen atoms in total. The van der Waals surface area contributed by atoms with Crippen LogP contribution in [0.3, 0.4) is 0 Å². The Morgan fingerprint density at radius 2 is 2.14 bits per heavy atom. The summed E-state index contributed by atoms with van der Waals surface area (Å²) in [7, 11) is 0. The number of cyclic esters (lactones) is 1. The number of rotatable bonds is 6. The Hall–Kier alpha value is -0.790. The lowest BCUT2D eigenvalue weighted by Crippen LogP contribution is -2.19. The SMILES string of the molecule is CCCCCCC[C@H]1CC=CC(=O)O1. The van der Waals surface area contributed by atoms with E-state index in [2.05, 4.69) is 6.92 Å². The average molecular weight is 196 g/mol. The first-order valence-electron chi connectivity index (χ1n) is 5.70. The van der Waals surface area contributed by atoms with Crippen molar-refractivity contribution in [2.75, 3.05) is 0 Å². The second kappa shape index (κ2) is 6.63. The lowest BCUT2D eigenvalue weighted by molar-refractivity contribution is -0.144. The highest BCUT2D eigenvalue weighted by atomic mass is 16.5. The summed E-state index contributed by atoms with van der Waals surface area (Å²) in [5.74, 6) is -0.171. The molecule has 0 aromatic heterocycles. The van der Waals surface area contributed by atoms with E-state index in [4.69, 9.17) is 4.74 Å². The maximum atomic E-state index is 10.9. The van der Waals surface area contributed by atoms with E-state index >= 15 is 0 Å². The molecule has 0 aromatic rings. The highest BCUT2D eigenvalue weighted by molar-refractivity contribution is 5.82. The van der Waals surface area contributed by atoms with Gasteiger partial charge in [0.15, 0.2) is 0 Å². The van der Waals surface area contributed by atoms with Gasteiger partial charge in [-0.1, -0.05) is 38.7 Å². The Labute approximate surface area is 86.3 Å². The van der Waals surface area contributed by atoms with Gasteiger partial charge >= 0.3 is 5.97 Å². The van der Waals surface area contributed by atoms with E-state index in [0.29, 0.717) is 0 Å². The zero-order valence-electron chi connectivity index (χ0n) is 9.00. The average Bonchev–Trinajstić information content (AvgIpc) is 2.18. The van der Waals surface area contributed by atoms with E-state index in [1.807, 2.05) is 6.08 Å². The maximum Gasteiger partial charge on any atom is 0.330 e. The van der Waals surface area contributed by atoms with Crippen LogP contribution in [0.15, 0.2) is 12.2 Å². The first kappa shape index (κ1) is 11.3. The summed E-state index contributed by atoms with van der Waals surface area (Å²) in [5, 5.41) is 0. The monoisotopic (exact) mass is 196 g/mol. The third kappa shape index (κ3) is 4.45. The number of carbonyl (C=O) groups is 1. The van der Waals surface area contributed by atoms with Crippen molar-refractivity contribution in [1.82, 2.24) is 0 Å². The van der Waals surface area contributed by atoms with Crippen LogP contribution in [0.5, 0.6) is 0 Å². The van der Waals surface area contributed by atoms with Crippen molar-refractivity contribution < 1.29 is 9.53 Å². The van der Waals surface area contributed by atoms with Crippen LogP contribution in [0, 0.1) is 0 Å². The first-order chi connectivity index (χ1) is 6.83. The van der Waals surface area contributed by atoms with Crippen LogP contribution < -0.4 is 0 Å². The van der Waals surface area contributed by atoms with Gasteiger partial charge in [-0.25, -0.2) is 4.79 Å². The van der Waals surface area contributed by atoms with E-state index in [9.17, 15) is 4.79 Å². The van der Waals surface area contributed by atoms with Crippen molar-refractivity contribution in [1.29, 1.82) is 0 Å². The quantitative estimate of drug-likeness (QED) is 0.481. The normalized spacial score (nSPS) is 20.9. The molecule has 0 aromatic carbocycles. The van der Waals surface area contributed by atoms with Crippen LogP contribution in [-0.4, -0.2) is 12.1 Å². The van der Waals surface area contributed by atoms with Crippen LogP contribution in [-0.2, 0) is 9.53 Å². The number of carbonyl (C=O) groups excluding carboxylic acids is 1. The molecule has 0 unspecified atom stereocenters. The van der Waals surface area contributed by atoms with Crippen LogP contribution >= 0.6 is 0 Å². The number of hydrogen-bond donors (Lipinski definition) is 0. The van der Waals surface area contributed by atoms with Crippen molar-refractivity contribution >= 4 is 5.97 Å². The highest BCUT2D eigenvalue weighted by Crippen LogP contribution is 2.15. The van der Waals surface area contributed by atoms with E-state index in [-0.39, 0.29) is 12.1 Å². The number of unbranched alkanes of at least 4 members (excludes halogenated alkanes) is 4. The Bertz CT molecular complexity index is 196. The molecule has 80 valence electrons. The predicted molar refractivity (Wildman–Crippen MR) is 57.0 cm³/mol. The van der Waals surface area contributed by atoms with Crippen molar-refractivity contribution in [2.24, 2.45) is 0 Å². The van der Waals surface area contributed by atoms with Gasteiger partial charge in [-0.3, -0.25) is 0 Å². The predicted octanol–water partition coefficient (Wildman–Crippen LogP) is 3.22. The summed E-state index contributed by atoms with van der Waals surface area (Å²) >= 11 is 0. The Morgan fingerprint density at radius 3 is 2.86 bits per heavy atom. The molecular formula is C12H20O2. The lowest BCUT2D eigenvalue weighted by atomic mass is 10.0. The van der Waals surface area contributed by atoms with Gasteiger partial charge in [0.05, 0.1) is 0 Å². The summed E-state index contributed by atoms with van der Waals surface area (Å²) in [5.41, 5.74) is 0. The molecule has 1 heterocycles. The van der Waals surface area contributed by atoms with Gasteiger partial charge in [-0.2, -0.15) is 0 Å². The fourth-order valence-corrected chi connectivity index (χ4v) is 1.72. The van der Waals surface area contributed by atoms with Crippen molar-refractivity contribution in [2.45, 2.75) is 58.0 Å². The second-order valence-corrected chi connectivity index (χ2v) is 3.90. The fraction of sp³-hybridized carbons (Fsp3) is 0.750. The van der Waals surface area contributed by atoms with E-state index in [0.717, 1.165) is 12.8 Å². The van der Waals surface area contributed by atoms with E-state index in [1.54, 1.807) is 0 Å². The molecule has 0 saturated heterocycles. The van der Waals surface area contributed by atoms with Crippen LogP contribution in [0.25, 0.3) is 0 Å². The van der Waals surface area contributed by atoms with E-state index < -0.39 is 0 Å². The molecule has 0 aliphatic carbocycles. The van der Waals surface area contributed by atoms with E-state index in [1.165, 1.54) is 38.2 Å². The Kier molecular flexibility index (Phi) is 5.35. The van der Waals surface area contributed by atoms with Crippen LogP contribution in [0.4, 0.5) is 0 Å². The molecule has 1 aliphatic heterocycles. The zero-order valence-corrected chi connectivity index (χ0v) is 9.00. The molecule has 0 fully saturated rings. The molecule has 1 aliphatic rings. The molecule has 1 rings (SSSR count). The Morgan fingerprint density at radius 1 is 1.36 bits per heavy atom. The molecule has 1 atom stereocenters. The highest BCUT2D eigenvalue weighted by Gasteiger charge is 2.14. The molecule has 0 N–H and O–H groups in total. The number of esters is 1. The van der Waals surface area contributed by atoms with Crippen molar-refractivity contribution in [3.8, 4) is 0 Å². The molecule has 2 heteroatoms. The van der Waals surface area contributed by atoms with Gasteiger partial charge in [0.1, 0.15) is 6.10 Å².